The van der Waals surface area contributed by atoms with Crippen LogP contribution < -0.4 is 0 Å². The average molecular weight is 194 g/mol. The molecule has 14 heavy (non-hydrogen) atoms. The minimum atomic E-state index is 0.560. The van der Waals surface area contributed by atoms with Gasteiger partial charge in [-0.3, -0.25) is 0 Å². The van der Waals surface area contributed by atoms with Crippen molar-refractivity contribution in [1.29, 1.82) is 0 Å². The van der Waals surface area contributed by atoms with Crippen LogP contribution in [0.4, 0.5) is 0 Å². The van der Waals surface area contributed by atoms with E-state index in [-0.39, 0.29) is 0 Å². The molecule has 0 saturated heterocycles. The molecule has 82 valence electrons. The molecule has 4 unspecified atom stereocenters. The van der Waals surface area contributed by atoms with E-state index in [0.717, 1.165) is 23.7 Å². The summed E-state index contributed by atoms with van der Waals surface area (Å²) in [7, 11) is 0. The Bertz CT molecular complexity index is 199. The zero-order chi connectivity index (χ0) is 10.7. The molecule has 0 aromatic rings. The lowest BCUT2D eigenvalue weighted by molar-refractivity contribution is -0.164. The summed E-state index contributed by atoms with van der Waals surface area (Å²) in [5, 5.41) is 0. The molecule has 0 N–H and O–H groups in total. The van der Waals surface area contributed by atoms with Crippen LogP contribution in [0.3, 0.4) is 0 Å². The van der Waals surface area contributed by atoms with E-state index in [1.165, 1.54) is 12.8 Å². The van der Waals surface area contributed by atoms with Crippen molar-refractivity contribution in [1.82, 2.24) is 0 Å². The third kappa shape index (κ3) is 1.42. The molecular weight excluding hydrogens is 168 g/mol. The number of fused-ring (bicyclic) bond motifs is 1. The highest BCUT2D eigenvalue weighted by Crippen LogP contribution is 2.66. The Kier molecular flexibility index (Phi) is 2.08. The first-order chi connectivity index (χ1) is 6.21. The van der Waals surface area contributed by atoms with Crippen LogP contribution in [0.5, 0.6) is 0 Å². The Morgan fingerprint density at radius 2 is 0.929 bits per heavy atom. The van der Waals surface area contributed by atoms with E-state index in [1.807, 2.05) is 0 Å². The number of hydrogen-bond acceptors (Lipinski definition) is 0. The summed E-state index contributed by atoms with van der Waals surface area (Å²) in [6.45, 7) is 14.5. The predicted octanol–water partition coefficient (Wildman–Crippen LogP) is 4.35. The van der Waals surface area contributed by atoms with E-state index in [4.69, 9.17) is 0 Å². The van der Waals surface area contributed by atoms with Crippen LogP contribution in [0.2, 0.25) is 0 Å². The van der Waals surface area contributed by atoms with Crippen molar-refractivity contribution in [3.63, 3.8) is 0 Å². The Morgan fingerprint density at radius 3 is 1.07 bits per heavy atom. The first-order valence-electron chi connectivity index (χ1n) is 6.21. The van der Waals surface area contributed by atoms with E-state index in [1.54, 1.807) is 0 Å². The third-order valence-electron chi connectivity index (χ3n) is 4.86. The van der Waals surface area contributed by atoms with Gasteiger partial charge in [0.15, 0.2) is 0 Å². The average Bonchev–Trinajstić information content (AvgIpc) is 1.88. The molecule has 0 aromatic heterocycles. The second kappa shape index (κ2) is 2.77. The van der Waals surface area contributed by atoms with Crippen LogP contribution in [0.15, 0.2) is 0 Å². The zero-order valence-electron chi connectivity index (χ0n) is 10.7. The quantitative estimate of drug-likeness (QED) is 0.538. The van der Waals surface area contributed by atoms with Gasteiger partial charge in [-0.1, -0.05) is 41.5 Å². The molecule has 4 atom stereocenters. The van der Waals surface area contributed by atoms with Crippen molar-refractivity contribution in [3.8, 4) is 0 Å². The number of hydrogen-bond donors (Lipinski definition) is 0. The van der Waals surface area contributed by atoms with Crippen LogP contribution in [-0.2, 0) is 0 Å². The van der Waals surface area contributed by atoms with Crippen molar-refractivity contribution < 1.29 is 0 Å². The van der Waals surface area contributed by atoms with E-state index >= 15 is 0 Å². The summed E-state index contributed by atoms with van der Waals surface area (Å²) >= 11 is 0. The van der Waals surface area contributed by atoms with Crippen molar-refractivity contribution in [2.75, 3.05) is 0 Å². The van der Waals surface area contributed by atoms with Crippen LogP contribution in [0.25, 0.3) is 0 Å². The molecule has 0 heterocycles. The van der Waals surface area contributed by atoms with Crippen molar-refractivity contribution in [3.05, 3.63) is 0 Å². The van der Waals surface area contributed by atoms with Gasteiger partial charge in [-0.25, -0.2) is 0 Å². The van der Waals surface area contributed by atoms with Crippen LogP contribution >= 0.6 is 0 Å². The van der Waals surface area contributed by atoms with Crippen LogP contribution in [-0.4, -0.2) is 0 Å². The summed E-state index contributed by atoms with van der Waals surface area (Å²) < 4.78 is 0. The first-order valence-corrected chi connectivity index (χ1v) is 6.21. The maximum absolute atomic E-state index is 2.41. The molecule has 2 aliphatic carbocycles. The zero-order valence-corrected chi connectivity index (χ0v) is 10.7. The lowest BCUT2D eigenvalue weighted by Gasteiger charge is -2.65. The summed E-state index contributed by atoms with van der Waals surface area (Å²) in [5.74, 6) is 4.20. The second-order valence-electron chi connectivity index (χ2n) is 7.74. The smallest absolute Gasteiger partial charge is 0.0331 e. The Balaban J connectivity index is 1.93. The van der Waals surface area contributed by atoms with Gasteiger partial charge in [0.1, 0.15) is 0 Å². The molecule has 0 amide bonds. The maximum Gasteiger partial charge on any atom is -0.0331 e. The highest BCUT2D eigenvalue weighted by atomic mass is 14.6. The third-order valence-corrected chi connectivity index (χ3v) is 4.86. The summed E-state index contributed by atoms with van der Waals surface area (Å²) in [6.07, 6.45) is 3.02. The molecule has 0 bridgehead atoms. The lowest BCUT2D eigenvalue weighted by atomic mass is 9.40. The van der Waals surface area contributed by atoms with Crippen molar-refractivity contribution in [2.24, 2.45) is 34.5 Å². The Hall–Kier alpha value is 0. The minimum absolute atomic E-state index is 0.560. The van der Waals surface area contributed by atoms with Gasteiger partial charge in [0.25, 0.3) is 0 Å². The van der Waals surface area contributed by atoms with Crippen LogP contribution in [0, 0.1) is 34.5 Å². The molecule has 2 fully saturated rings. The molecule has 0 heteroatoms. The lowest BCUT2D eigenvalue weighted by Crippen LogP contribution is -2.58. The minimum Gasteiger partial charge on any atom is -0.0599 e. The monoisotopic (exact) mass is 194 g/mol. The van der Waals surface area contributed by atoms with Crippen molar-refractivity contribution in [2.45, 2.75) is 54.4 Å². The molecule has 0 radical (unpaired) electrons. The Morgan fingerprint density at radius 1 is 0.643 bits per heavy atom. The fourth-order valence-electron chi connectivity index (χ4n) is 3.81. The summed E-state index contributed by atoms with van der Waals surface area (Å²) in [4.78, 5) is 0. The van der Waals surface area contributed by atoms with Gasteiger partial charge in [-0.2, -0.15) is 0 Å². The van der Waals surface area contributed by atoms with Gasteiger partial charge in [0.2, 0.25) is 0 Å². The molecule has 2 aliphatic rings. The largest absolute Gasteiger partial charge is 0.0599 e. The molecule has 0 spiro atoms. The SMILES string of the molecule is CC(C)(C)C1CC2C1CC2C(C)(C)C. The van der Waals surface area contributed by atoms with Gasteiger partial charge in [-0.15, -0.1) is 0 Å². The highest BCUT2D eigenvalue weighted by molar-refractivity contribution is 5.07. The van der Waals surface area contributed by atoms with Gasteiger partial charge >= 0.3 is 0 Å². The molecule has 0 aliphatic heterocycles. The predicted molar refractivity (Wildman–Crippen MR) is 62.1 cm³/mol. The molecule has 0 aromatic carbocycles. The van der Waals surface area contributed by atoms with Crippen molar-refractivity contribution >= 4 is 0 Å². The molecular formula is C14H26. The van der Waals surface area contributed by atoms with E-state index < -0.39 is 0 Å². The fourth-order valence-corrected chi connectivity index (χ4v) is 3.81. The van der Waals surface area contributed by atoms with Crippen LogP contribution in [0.1, 0.15) is 54.4 Å². The van der Waals surface area contributed by atoms with E-state index in [2.05, 4.69) is 41.5 Å². The summed E-state index contributed by atoms with van der Waals surface area (Å²) in [6, 6.07) is 0. The highest BCUT2D eigenvalue weighted by Gasteiger charge is 2.58. The maximum atomic E-state index is 2.41. The number of rotatable bonds is 0. The molecule has 2 saturated carbocycles. The van der Waals surface area contributed by atoms with E-state index in [0.29, 0.717) is 10.8 Å². The fraction of sp³-hybridized carbons (Fsp3) is 1.00. The van der Waals surface area contributed by atoms with E-state index in [9.17, 15) is 0 Å². The molecule has 0 nitrogen and oxygen atoms in total. The van der Waals surface area contributed by atoms with Gasteiger partial charge in [0.05, 0.1) is 0 Å². The first kappa shape index (κ1) is 10.5. The normalized spacial score (nSPS) is 42.4. The van der Waals surface area contributed by atoms with Gasteiger partial charge < -0.3 is 0 Å². The standard InChI is InChI=1S/C14H26/c1-13(2,3)11-7-10-9(11)8-12(10)14(4,5)6/h9-12H,7-8H2,1-6H3. The summed E-state index contributed by atoms with van der Waals surface area (Å²) in [5.41, 5.74) is 1.12. The topological polar surface area (TPSA) is 0 Å². The second-order valence-corrected chi connectivity index (χ2v) is 7.74. The Labute approximate surface area is 89.5 Å². The van der Waals surface area contributed by atoms with Gasteiger partial charge in [0, 0.05) is 0 Å². The van der Waals surface area contributed by atoms with Gasteiger partial charge in [-0.05, 0) is 47.3 Å². The molecule has 2 rings (SSSR count).